The molecule has 1 unspecified atom stereocenters. The van der Waals surface area contributed by atoms with Crippen molar-refractivity contribution in [2.75, 3.05) is 43.5 Å². The minimum atomic E-state index is -4.57. The van der Waals surface area contributed by atoms with Crippen LogP contribution in [0.1, 0.15) is 40.5 Å². The number of nitrogens with one attached hydrogen (secondary N) is 1. The number of hydrogen-bond donors (Lipinski definition) is 2. The maximum Gasteiger partial charge on any atom is 0.416 e. The highest BCUT2D eigenvalue weighted by atomic mass is 32.2. The summed E-state index contributed by atoms with van der Waals surface area (Å²) in [4.78, 5) is 40.7. The summed E-state index contributed by atoms with van der Waals surface area (Å²) in [5, 5.41) is 2.39. The first-order valence-corrected chi connectivity index (χ1v) is 16.0. The van der Waals surface area contributed by atoms with Crippen LogP contribution in [0.5, 0.6) is 0 Å². The van der Waals surface area contributed by atoms with Crippen LogP contribution in [-0.4, -0.2) is 81.2 Å². The second-order valence-electron chi connectivity index (χ2n) is 11.2. The Bertz CT molecular complexity index is 1890. The van der Waals surface area contributed by atoms with Gasteiger partial charge in [-0.05, 0) is 37.1 Å². The molecule has 0 bridgehead atoms. The fourth-order valence-corrected chi connectivity index (χ4v) is 6.63. The summed E-state index contributed by atoms with van der Waals surface area (Å²) in [6.07, 6.45) is 2.36. The van der Waals surface area contributed by atoms with E-state index in [9.17, 15) is 31.2 Å². The Morgan fingerprint density at radius 3 is 2.47 bits per heavy atom. The number of carbonyl (C=O) groups excluding carboxylic acids is 2. The number of nitrogens with two attached hydrogens (primary N) is 1. The van der Waals surface area contributed by atoms with Crippen molar-refractivity contribution in [1.29, 1.82) is 0 Å². The van der Waals surface area contributed by atoms with Gasteiger partial charge in [-0.2, -0.15) is 13.2 Å². The molecule has 0 saturated carbocycles. The monoisotopic (exact) mass is 642 g/mol. The van der Waals surface area contributed by atoms with Crippen LogP contribution in [0.4, 0.5) is 24.8 Å². The normalized spacial score (nSPS) is 18.1. The molecule has 2 fully saturated rings. The predicted octanol–water partition coefficient (Wildman–Crippen LogP) is 3.24. The van der Waals surface area contributed by atoms with Crippen molar-refractivity contribution < 1.29 is 31.2 Å². The van der Waals surface area contributed by atoms with E-state index in [2.05, 4.69) is 15.3 Å². The van der Waals surface area contributed by atoms with E-state index in [1.807, 2.05) is 4.40 Å². The molecular weight excluding hydrogens is 613 g/mol. The molecular formula is C29H29F3N8O4S. The highest BCUT2D eigenvalue weighted by Gasteiger charge is 2.41. The lowest BCUT2D eigenvalue weighted by atomic mass is 9.94. The van der Waals surface area contributed by atoms with E-state index in [0.717, 1.165) is 37.4 Å². The topological polar surface area (TPSA) is 156 Å². The molecule has 12 nitrogen and oxygen atoms in total. The number of sulfonamides is 1. The zero-order valence-electron chi connectivity index (χ0n) is 24.0. The summed E-state index contributed by atoms with van der Waals surface area (Å²) in [7, 11) is -3.33. The van der Waals surface area contributed by atoms with Gasteiger partial charge in [0.15, 0.2) is 0 Å². The maximum atomic E-state index is 13.2. The van der Waals surface area contributed by atoms with E-state index in [-0.39, 0.29) is 48.0 Å². The first kappa shape index (κ1) is 30.5. The Morgan fingerprint density at radius 2 is 1.78 bits per heavy atom. The SMILES string of the molecule is CS(=O)(=O)N1CC(C(=O)N2CCCC(c3nc(-c4ccc(C(=O)Nc5cc(C(F)(F)F)ccn5)cc4)c4c(N)nccn34)C2)C1. The fraction of sp³-hybridized carbons (Fsp3) is 0.345. The van der Waals surface area contributed by atoms with Crippen LogP contribution < -0.4 is 11.1 Å². The summed E-state index contributed by atoms with van der Waals surface area (Å²) in [6.45, 7) is 1.35. The molecule has 1 aromatic carbocycles. The summed E-state index contributed by atoms with van der Waals surface area (Å²) >= 11 is 0. The number of halogens is 3. The van der Waals surface area contributed by atoms with Crippen LogP contribution in [0.2, 0.25) is 0 Å². The predicted molar refractivity (Wildman–Crippen MR) is 158 cm³/mol. The molecule has 2 saturated heterocycles. The molecule has 16 heteroatoms. The Kier molecular flexibility index (Phi) is 7.72. The van der Waals surface area contributed by atoms with Crippen molar-refractivity contribution in [3.05, 3.63) is 71.9 Å². The average Bonchev–Trinajstić information content (AvgIpc) is 3.36. The third-order valence-electron chi connectivity index (χ3n) is 8.12. The van der Waals surface area contributed by atoms with Gasteiger partial charge in [-0.3, -0.25) is 14.0 Å². The largest absolute Gasteiger partial charge is 0.416 e. The number of fused-ring (bicyclic) bond motifs is 1. The average molecular weight is 643 g/mol. The number of pyridine rings is 1. The molecule has 3 aromatic heterocycles. The minimum Gasteiger partial charge on any atom is -0.382 e. The second kappa shape index (κ2) is 11.4. The van der Waals surface area contributed by atoms with Crippen molar-refractivity contribution in [3.63, 3.8) is 0 Å². The smallest absolute Gasteiger partial charge is 0.382 e. The van der Waals surface area contributed by atoms with E-state index in [4.69, 9.17) is 10.7 Å². The molecule has 0 radical (unpaired) electrons. The number of nitrogens with zero attached hydrogens (tertiary/aromatic N) is 6. The lowest BCUT2D eigenvalue weighted by Gasteiger charge is -2.41. The molecule has 2 amide bonds. The summed E-state index contributed by atoms with van der Waals surface area (Å²) < 4.78 is 65.8. The number of amides is 2. The summed E-state index contributed by atoms with van der Waals surface area (Å²) in [5.41, 5.74) is 7.27. The van der Waals surface area contributed by atoms with E-state index < -0.39 is 27.7 Å². The molecule has 45 heavy (non-hydrogen) atoms. The third kappa shape index (κ3) is 6.07. The van der Waals surface area contributed by atoms with Crippen LogP contribution in [0.3, 0.4) is 0 Å². The number of likely N-dealkylation sites (tertiary alicyclic amines) is 1. The first-order valence-electron chi connectivity index (χ1n) is 14.1. The van der Waals surface area contributed by atoms with Crippen molar-refractivity contribution >= 4 is 39.0 Å². The Balaban J connectivity index is 1.22. The fourth-order valence-electron chi connectivity index (χ4n) is 5.73. The molecule has 6 rings (SSSR count). The number of imidazole rings is 1. The number of aromatic nitrogens is 4. The van der Waals surface area contributed by atoms with Crippen LogP contribution in [0, 0.1) is 5.92 Å². The van der Waals surface area contributed by atoms with E-state index in [1.54, 1.807) is 29.4 Å². The number of benzene rings is 1. The van der Waals surface area contributed by atoms with Gasteiger partial charge < -0.3 is 16.0 Å². The third-order valence-corrected chi connectivity index (χ3v) is 9.36. The number of rotatable bonds is 6. The first-order chi connectivity index (χ1) is 21.3. The zero-order valence-corrected chi connectivity index (χ0v) is 24.8. The van der Waals surface area contributed by atoms with Gasteiger partial charge in [-0.1, -0.05) is 12.1 Å². The maximum absolute atomic E-state index is 13.2. The highest BCUT2D eigenvalue weighted by molar-refractivity contribution is 7.88. The summed E-state index contributed by atoms with van der Waals surface area (Å²) in [5.74, 6) is -0.502. The van der Waals surface area contributed by atoms with Crippen molar-refractivity contribution in [2.45, 2.75) is 24.9 Å². The molecule has 2 aliphatic heterocycles. The van der Waals surface area contributed by atoms with Gasteiger partial charge in [0.2, 0.25) is 15.9 Å². The van der Waals surface area contributed by atoms with E-state index >= 15 is 0 Å². The van der Waals surface area contributed by atoms with Crippen LogP contribution in [-0.2, 0) is 21.0 Å². The van der Waals surface area contributed by atoms with Gasteiger partial charge >= 0.3 is 6.18 Å². The summed E-state index contributed by atoms with van der Waals surface area (Å²) in [6, 6.07) is 7.95. The van der Waals surface area contributed by atoms with Gasteiger partial charge in [0.1, 0.15) is 28.7 Å². The highest BCUT2D eigenvalue weighted by Crippen LogP contribution is 2.35. The quantitative estimate of drug-likeness (QED) is 0.325. The van der Waals surface area contributed by atoms with Gasteiger partial charge in [0.05, 0.1) is 17.7 Å². The Morgan fingerprint density at radius 1 is 1.04 bits per heavy atom. The molecule has 1 atom stereocenters. The minimum absolute atomic E-state index is 0.0731. The Hall–Kier alpha value is -4.57. The molecule has 0 spiro atoms. The standard InChI is InChI=1S/C29H29F3N8O4S/c1-45(43,44)39-15-20(16-39)28(42)38-11-2-3-19(14-38)26-37-23(24-25(33)35-10-12-40(24)26)17-4-6-18(7-5-17)27(41)36-22-13-21(8-9-34-22)29(30,31)32/h4-10,12-13,19-20H,2-3,11,14-16H2,1H3,(H2,33,35)(H,34,36,41). The zero-order chi connectivity index (χ0) is 32.1. The molecule has 5 heterocycles. The van der Waals surface area contributed by atoms with Crippen molar-refractivity contribution in [2.24, 2.45) is 5.92 Å². The molecule has 3 N–H and O–H groups in total. The number of hydrogen-bond acceptors (Lipinski definition) is 8. The molecule has 4 aromatic rings. The lowest BCUT2D eigenvalue weighted by Crippen LogP contribution is -2.57. The lowest BCUT2D eigenvalue weighted by molar-refractivity contribution is -0.140. The second-order valence-corrected chi connectivity index (χ2v) is 13.2. The van der Waals surface area contributed by atoms with Crippen molar-refractivity contribution in [3.8, 4) is 11.3 Å². The molecule has 0 aliphatic carbocycles. The van der Waals surface area contributed by atoms with E-state index in [0.29, 0.717) is 35.7 Å². The number of alkyl halides is 3. The van der Waals surface area contributed by atoms with Gasteiger partial charge in [0, 0.05) is 61.8 Å². The Labute approximate surface area is 256 Å². The number of nitrogen functional groups attached to an aromatic ring is 1. The molecule has 2 aliphatic rings. The van der Waals surface area contributed by atoms with Gasteiger partial charge in [0.25, 0.3) is 5.91 Å². The van der Waals surface area contributed by atoms with Crippen LogP contribution in [0.15, 0.2) is 55.0 Å². The van der Waals surface area contributed by atoms with Crippen LogP contribution >= 0.6 is 0 Å². The van der Waals surface area contributed by atoms with Crippen LogP contribution in [0.25, 0.3) is 16.8 Å². The molecule has 236 valence electrons. The van der Waals surface area contributed by atoms with E-state index in [1.165, 1.54) is 16.4 Å². The number of carbonyl (C=O) groups is 2. The number of anilines is 2. The van der Waals surface area contributed by atoms with Crippen molar-refractivity contribution in [1.82, 2.24) is 28.6 Å². The van der Waals surface area contributed by atoms with Gasteiger partial charge in [-0.15, -0.1) is 0 Å². The number of piperidine rings is 1. The van der Waals surface area contributed by atoms with Gasteiger partial charge in [-0.25, -0.2) is 27.7 Å².